The van der Waals surface area contributed by atoms with Crippen molar-refractivity contribution < 1.29 is 9.21 Å². The molecule has 4 nitrogen and oxygen atoms in total. The lowest BCUT2D eigenvalue weighted by Gasteiger charge is -2.05. The van der Waals surface area contributed by atoms with E-state index in [9.17, 15) is 9.59 Å². The van der Waals surface area contributed by atoms with Crippen LogP contribution in [0.3, 0.4) is 0 Å². The molecular formula is C18H13NO3. The fraction of sp³-hybridized carbons (Fsp3) is 0.0556. The van der Waals surface area contributed by atoms with Crippen molar-refractivity contribution in [1.82, 2.24) is 4.98 Å². The molecular weight excluding hydrogens is 278 g/mol. The Morgan fingerprint density at radius 2 is 1.55 bits per heavy atom. The summed E-state index contributed by atoms with van der Waals surface area (Å²) in [5.41, 5.74) is 1.45. The molecule has 0 radical (unpaired) electrons. The molecule has 3 rings (SSSR count). The highest BCUT2D eigenvalue weighted by Gasteiger charge is 2.18. The minimum atomic E-state index is -0.557. The lowest BCUT2D eigenvalue weighted by Crippen LogP contribution is -2.14. The summed E-state index contributed by atoms with van der Waals surface area (Å²) in [6.45, 7) is 1.70. The Kier molecular flexibility index (Phi) is 3.66. The highest BCUT2D eigenvalue weighted by molar-refractivity contribution is 6.05. The van der Waals surface area contributed by atoms with E-state index in [1.54, 1.807) is 43.3 Å². The molecule has 0 unspecified atom stereocenters. The summed E-state index contributed by atoms with van der Waals surface area (Å²) >= 11 is 0. The fourth-order valence-electron chi connectivity index (χ4n) is 2.26. The fourth-order valence-corrected chi connectivity index (χ4v) is 2.26. The minimum Gasteiger partial charge on any atom is -0.399 e. The van der Waals surface area contributed by atoms with Gasteiger partial charge < -0.3 is 4.42 Å². The van der Waals surface area contributed by atoms with E-state index < -0.39 is 11.4 Å². The monoisotopic (exact) mass is 291 g/mol. The highest BCUT2D eigenvalue weighted by Crippen LogP contribution is 2.18. The average Bonchev–Trinajstić information content (AvgIpc) is 2.55. The summed E-state index contributed by atoms with van der Waals surface area (Å²) in [6.07, 6.45) is 0. The molecule has 3 aromatic rings. The van der Waals surface area contributed by atoms with Crippen LogP contribution in [0.15, 0.2) is 69.9 Å². The Balaban J connectivity index is 2.08. The van der Waals surface area contributed by atoms with Gasteiger partial charge in [0.25, 0.3) is 5.89 Å². The van der Waals surface area contributed by atoms with Gasteiger partial charge in [-0.1, -0.05) is 60.7 Å². The Hall–Kier alpha value is -3.01. The summed E-state index contributed by atoms with van der Waals surface area (Å²) < 4.78 is 5.14. The molecule has 1 heterocycles. The SMILES string of the molecule is Cc1nc(C(=O)c2ccccc2)oc(=O)c1-c1ccccc1. The number of hydrogen-bond donors (Lipinski definition) is 0. The Labute approximate surface area is 127 Å². The number of carbonyl (C=O) groups excluding carboxylic acids is 1. The molecule has 0 aliphatic rings. The van der Waals surface area contributed by atoms with Crippen molar-refractivity contribution in [2.45, 2.75) is 6.92 Å². The van der Waals surface area contributed by atoms with E-state index in [1.807, 2.05) is 24.3 Å². The molecule has 1 aromatic heterocycles. The first-order chi connectivity index (χ1) is 10.7. The quantitative estimate of drug-likeness (QED) is 0.695. The summed E-state index contributed by atoms with van der Waals surface area (Å²) in [7, 11) is 0. The number of benzene rings is 2. The Morgan fingerprint density at radius 3 is 2.14 bits per heavy atom. The summed E-state index contributed by atoms with van der Waals surface area (Å²) in [5, 5.41) is 0. The lowest BCUT2D eigenvalue weighted by atomic mass is 10.1. The van der Waals surface area contributed by atoms with Gasteiger partial charge in [0.15, 0.2) is 0 Å². The third-order valence-electron chi connectivity index (χ3n) is 3.32. The van der Waals surface area contributed by atoms with Gasteiger partial charge in [-0.2, -0.15) is 0 Å². The molecule has 0 saturated carbocycles. The van der Waals surface area contributed by atoms with Crippen LogP contribution in [0.25, 0.3) is 11.1 Å². The Morgan fingerprint density at radius 1 is 0.955 bits per heavy atom. The van der Waals surface area contributed by atoms with Crippen molar-refractivity contribution in [2.75, 3.05) is 0 Å². The van der Waals surface area contributed by atoms with Gasteiger partial charge >= 0.3 is 5.63 Å². The lowest BCUT2D eigenvalue weighted by molar-refractivity contribution is 0.0996. The van der Waals surface area contributed by atoms with Crippen molar-refractivity contribution in [3.05, 3.63) is 88.2 Å². The largest absolute Gasteiger partial charge is 0.399 e. The van der Waals surface area contributed by atoms with Crippen LogP contribution < -0.4 is 5.63 Å². The minimum absolute atomic E-state index is 0.187. The maximum Gasteiger partial charge on any atom is 0.347 e. The number of rotatable bonds is 3. The maximum atomic E-state index is 12.3. The molecule has 0 fully saturated rings. The predicted octanol–water partition coefficient (Wildman–Crippen LogP) is 3.24. The molecule has 0 aliphatic heterocycles. The van der Waals surface area contributed by atoms with Crippen LogP contribution in [0.2, 0.25) is 0 Å². The van der Waals surface area contributed by atoms with Crippen molar-refractivity contribution in [1.29, 1.82) is 0 Å². The first-order valence-corrected chi connectivity index (χ1v) is 6.84. The molecule has 22 heavy (non-hydrogen) atoms. The van der Waals surface area contributed by atoms with Gasteiger partial charge in [-0.25, -0.2) is 9.78 Å². The van der Waals surface area contributed by atoms with Gasteiger partial charge in [0.2, 0.25) is 5.78 Å². The third kappa shape index (κ3) is 2.59. The molecule has 0 bridgehead atoms. The summed E-state index contributed by atoms with van der Waals surface area (Å²) in [6, 6.07) is 17.8. The summed E-state index contributed by atoms with van der Waals surface area (Å²) in [5.74, 6) is -0.589. The van der Waals surface area contributed by atoms with Gasteiger partial charge in [-0.05, 0) is 12.5 Å². The second kappa shape index (κ2) is 5.77. The van der Waals surface area contributed by atoms with Gasteiger partial charge in [0.1, 0.15) is 0 Å². The zero-order valence-electron chi connectivity index (χ0n) is 11.9. The second-order valence-electron chi connectivity index (χ2n) is 4.83. The number of ketones is 1. The molecule has 2 aromatic carbocycles. The molecule has 108 valence electrons. The van der Waals surface area contributed by atoms with E-state index >= 15 is 0 Å². The number of nitrogens with zero attached hydrogens (tertiary/aromatic N) is 1. The van der Waals surface area contributed by atoms with Gasteiger partial charge in [-0.3, -0.25) is 4.79 Å². The van der Waals surface area contributed by atoms with Crippen LogP contribution >= 0.6 is 0 Å². The highest BCUT2D eigenvalue weighted by atomic mass is 16.4. The maximum absolute atomic E-state index is 12.3. The molecule has 4 heteroatoms. The van der Waals surface area contributed by atoms with E-state index in [-0.39, 0.29) is 5.89 Å². The Bertz CT molecular complexity index is 868. The zero-order valence-corrected chi connectivity index (χ0v) is 11.9. The number of aryl methyl sites for hydroxylation is 1. The topological polar surface area (TPSA) is 60.2 Å². The van der Waals surface area contributed by atoms with Crippen LogP contribution in [0.5, 0.6) is 0 Å². The van der Waals surface area contributed by atoms with E-state index in [2.05, 4.69) is 4.98 Å². The molecule has 0 atom stereocenters. The van der Waals surface area contributed by atoms with Gasteiger partial charge in [0.05, 0.1) is 11.3 Å². The number of carbonyl (C=O) groups is 1. The van der Waals surface area contributed by atoms with E-state index in [0.29, 0.717) is 16.8 Å². The molecule has 0 amide bonds. The van der Waals surface area contributed by atoms with Crippen LogP contribution in [0.1, 0.15) is 21.9 Å². The van der Waals surface area contributed by atoms with E-state index in [1.165, 1.54) is 0 Å². The van der Waals surface area contributed by atoms with Crippen molar-refractivity contribution in [3.8, 4) is 11.1 Å². The first kappa shape index (κ1) is 13.9. The van der Waals surface area contributed by atoms with Gasteiger partial charge in [0, 0.05) is 5.56 Å². The number of aromatic nitrogens is 1. The van der Waals surface area contributed by atoms with Crippen LogP contribution in [-0.4, -0.2) is 10.8 Å². The van der Waals surface area contributed by atoms with E-state index in [4.69, 9.17) is 4.42 Å². The second-order valence-corrected chi connectivity index (χ2v) is 4.83. The third-order valence-corrected chi connectivity index (χ3v) is 3.32. The van der Waals surface area contributed by atoms with Gasteiger partial charge in [-0.15, -0.1) is 0 Å². The van der Waals surface area contributed by atoms with Crippen molar-refractivity contribution in [3.63, 3.8) is 0 Å². The molecule has 0 spiro atoms. The van der Waals surface area contributed by atoms with Crippen LogP contribution in [0.4, 0.5) is 0 Å². The molecule has 0 saturated heterocycles. The van der Waals surface area contributed by atoms with Crippen LogP contribution in [-0.2, 0) is 0 Å². The molecule has 0 aliphatic carbocycles. The smallest absolute Gasteiger partial charge is 0.347 e. The normalized spacial score (nSPS) is 10.4. The standard InChI is InChI=1S/C18H13NO3/c1-12-15(13-8-4-2-5-9-13)18(21)22-17(19-12)16(20)14-10-6-3-7-11-14/h2-11H,1H3. The van der Waals surface area contributed by atoms with Crippen molar-refractivity contribution in [2.24, 2.45) is 0 Å². The molecule has 0 N–H and O–H groups in total. The van der Waals surface area contributed by atoms with Crippen molar-refractivity contribution >= 4 is 5.78 Å². The predicted molar refractivity (Wildman–Crippen MR) is 82.8 cm³/mol. The first-order valence-electron chi connectivity index (χ1n) is 6.84. The number of hydrogen-bond acceptors (Lipinski definition) is 4. The zero-order chi connectivity index (χ0) is 15.5. The van der Waals surface area contributed by atoms with E-state index in [0.717, 1.165) is 5.56 Å². The average molecular weight is 291 g/mol. The summed E-state index contributed by atoms with van der Waals surface area (Å²) in [4.78, 5) is 28.7. The van der Waals surface area contributed by atoms with Crippen LogP contribution in [0, 0.1) is 6.92 Å².